The SMILES string of the molecule is NNC(Cc1ccc(Cl)s1)c1ccncc1F. The number of halogens is 2. The summed E-state index contributed by atoms with van der Waals surface area (Å²) in [5, 5.41) is 0. The van der Waals surface area contributed by atoms with Crippen molar-refractivity contribution in [3.05, 3.63) is 51.2 Å². The zero-order chi connectivity index (χ0) is 12.3. The monoisotopic (exact) mass is 271 g/mol. The van der Waals surface area contributed by atoms with Gasteiger partial charge in [0.15, 0.2) is 0 Å². The Morgan fingerprint density at radius 1 is 1.47 bits per heavy atom. The summed E-state index contributed by atoms with van der Waals surface area (Å²) in [4.78, 5) is 4.76. The summed E-state index contributed by atoms with van der Waals surface area (Å²) in [6.07, 6.45) is 3.32. The molecule has 2 heterocycles. The molecule has 0 spiro atoms. The summed E-state index contributed by atoms with van der Waals surface area (Å²) < 4.78 is 14.3. The van der Waals surface area contributed by atoms with Crippen molar-refractivity contribution in [2.45, 2.75) is 12.5 Å². The maximum atomic E-state index is 13.6. The molecule has 3 N–H and O–H groups in total. The van der Waals surface area contributed by atoms with Crippen molar-refractivity contribution >= 4 is 22.9 Å². The zero-order valence-corrected chi connectivity index (χ0v) is 10.4. The molecule has 0 aromatic carbocycles. The number of thiophene rings is 1. The molecular weight excluding hydrogens is 261 g/mol. The normalized spacial score (nSPS) is 12.6. The van der Waals surface area contributed by atoms with Crippen molar-refractivity contribution in [1.82, 2.24) is 10.4 Å². The highest BCUT2D eigenvalue weighted by atomic mass is 35.5. The van der Waals surface area contributed by atoms with E-state index in [-0.39, 0.29) is 11.9 Å². The second kappa shape index (κ2) is 5.55. The number of hydrazine groups is 1. The molecule has 2 rings (SSSR count). The van der Waals surface area contributed by atoms with Gasteiger partial charge in [0.1, 0.15) is 5.82 Å². The molecule has 0 aliphatic carbocycles. The van der Waals surface area contributed by atoms with Crippen LogP contribution >= 0.6 is 22.9 Å². The van der Waals surface area contributed by atoms with Crippen LogP contribution in [0, 0.1) is 5.82 Å². The quantitative estimate of drug-likeness (QED) is 0.664. The van der Waals surface area contributed by atoms with E-state index in [1.165, 1.54) is 17.5 Å². The predicted molar refractivity (Wildman–Crippen MR) is 67.3 cm³/mol. The Labute approximate surface area is 107 Å². The molecule has 2 aromatic heterocycles. The second-order valence-corrected chi connectivity index (χ2v) is 5.33. The maximum Gasteiger partial charge on any atom is 0.146 e. The molecule has 0 saturated heterocycles. The largest absolute Gasteiger partial charge is 0.271 e. The molecule has 90 valence electrons. The first kappa shape index (κ1) is 12.4. The Hall–Kier alpha value is -1.01. The highest BCUT2D eigenvalue weighted by Crippen LogP contribution is 2.26. The first-order chi connectivity index (χ1) is 8.20. The minimum atomic E-state index is -0.363. The van der Waals surface area contributed by atoms with Crippen LogP contribution in [-0.2, 0) is 6.42 Å². The third kappa shape index (κ3) is 3.01. The van der Waals surface area contributed by atoms with Gasteiger partial charge in [-0.15, -0.1) is 11.3 Å². The van der Waals surface area contributed by atoms with Crippen LogP contribution in [0.2, 0.25) is 4.34 Å². The van der Waals surface area contributed by atoms with Gasteiger partial charge in [-0.2, -0.15) is 0 Å². The Morgan fingerprint density at radius 2 is 2.29 bits per heavy atom. The minimum Gasteiger partial charge on any atom is -0.271 e. The molecule has 0 fully saturated rings. The first-order valence-electron chi connectivity index (χ1n) is 5.00. The van der Waals surface area contributed by atoms with Gasteiger partial charge in [0, 0.05) is 23.1 Å². The lowest BCUT2D eigenvalue weighted by molar-refractivity contribution is 0.510. The number of hydrogen-bond acceptors (Lipinski definition) is 4. The summed E-state index contributed by atoms with van der Waals surface area (Å²) >= 11 is 7.31. The molecule has 1 unspecified atom stereocenters. The second-order valence-electron chi connectivity index (χ2n) is 3.53. The molecule has 3 nitrogen and oxygen atoms in total. The fourth-order valence-corrected chi connectivity index (χ4v) is 2.72. The van der Waals surface area contributed by atoms with Crippen molar-refractivity contribution in [3.8, 4) is 0 Å². The van der Waals surface area contributed by atoms with Crippen LogP contribution < -0.4 is 11.3 Å². The van der Waals surface area contributed by atoms with Crippen molar-refractivity contribution in [2.24, 2.45) is 5.84 Å². The van der Waals surface area contributed by atoms with Crippen LogP contribution in [0.5, 0.6) is 0 Å². The van der Waals surface area contributed by atoms with E-state index < -0.39 is 0 Å². The molecule has 0 radical (unpaired) electrons. The topological polar surface area (TPSA) is 50.9 Å². The average Bonchev–Trinajstić information content (AvgIpc) is 2.73. The van der Waals surface area contributed by atoms with E-state index in [1.807, 2.05) is 12.1 Å². The van der Waals surface area contributed by atoms with Crippen molar-refractivity contribution < 1.29 is 4.39 Å². The third-order valence-electron chi connectivity index (χ3n) is 2.41. The molecule has 0 aliphatic heterocycles. The Balaban J connectivity index is 2.20. The number of nitrogens with zero attached hydrogens (tertiary/aromatic N) is 1. The van der Waals surface area contributed by atoms with Crippen LogP contribution in [-0.4, -0.2) is 4.98 Å². The molecule has 0 saturated carbocycles. The van der Waals surface area contributed by atoms with E-state index in [0.29, 0.717) is 16.3 Å². The van der Waals surface area contributed by atoms with Crippen molar-refractivity contribution in [2.75, 3.05) is 0 Å². The lowest BCUT2D eigenvalue weighted by atomic mass is 10.0. The number of aromatic nitrogens is 1. The summed E-state index contributed by atoms with van der Waals surface area (Å²) in [5.74, 6) is 5.10. The predicted octanol–water partition coefficient (Wildman–Crippen LogP) is 2.68. The average molecular weight is 272 g/mol. The lowest BCUT2D eigenvalue weighted by Gasteiger charge is -2.15. The smallest absolute Gasteiger partial charge is 0.146 e. The van der Waals surface area contributed by atoms with Gasteiger partial charge < -0.3 is 0 Å². The Kier molecular flexibility index (Phi) is 4.06. The van der Waals surface area contributed by atoms with E-state index in [1.54, 1.807) is 12.3 Å². The Morgan fingerprint density at radius 3 is 2.88 bits per heavy atom. The van der Waals surface area contributed by atoms with Gasteiger partial charge in [-0.1, -0.05) is 11.6 Å². The van der Waals surface area contributed by atoms with Crippen LogP contribution in [0.15, 0.2) is 30.6 Å². The van der Waals surface area contributed by atoms with Crippen molar-refractivity contribution in [1.29, 1.82) is 0 Å². The van der Waals surface area contributed by atoms with Crippen LogP contribution in [0.25, 0.3) is 0 Å². The highest BCUT2D eigenvalue weighted by molar-refractivity contribution is 7.16. The van der Waals surface area contributed by atoms with Gasteiger partial charge in [0.05, 0.1) is 16.6 Å². The van der Waals surface area contributed by atoms with Crippen LogP contribution in [0.4, 0.5) is 4.39 Å². The minimum absolute atomic E-state index is 0.285. The van der Waals surface area contributed by atoms with Gasteiger partial charge in [-0.05, 0) is 18.2 Å². The van der Waals surface area contributed by atoms with Gasteiger partial charge >= 0.3 is 0 Å². The van der Waals surface area contributed by atoms with Gasteiger partial charge in [-0.3, -0.25) is 16.3 Å². The fraction of sp³-hybridized carbons (Fsp3) is 0.182. The molecule has 1 atom stereocenters. The molecule has 0 aliphatic rings. The highest BCUT2D eigenvalue weighted by Gasteiger charge is 2.15. The summed E-state index contributed by atoms with van der Waals surface area (Å²) in [6, 6.07) is 5.07. The van der Waals surface area contributed by atoms with E-state index in [0.717, 1.165) is 4.88 Å². The number of nitrogens with one attached hydrogen (secondary N) is 1. The van der Waals surface area contributed by atoms with Crippen LogP contribution in [0.1, 0.15) is 16.5 Å². The number of hydrogen-bond donors (Lipinski definition) is 2. The van der Waals surface area contributed by atoms with Gasteiger partial charge in [0.2, 0.25) is 0 Å². The molecule has 2 aromatic rings. The number of rotatable bonds is 4. The molecular formula is C11H11ClFN3S. The molecule has 17 heavy (non-hydrogen) atoms. The van der Waals surface area contributed by atoms with E-state index in [9.17, 15) is 4.39 Å². The van der Waals surface area contributed by atoms with E-state index in [4.69, 9.17) is 17.4 Å². The maximum absolute atomic E-state index is 13.6. The van der Waals surface area contributed by atoms with Crippen LogP contribution in [0.3, 0.4) is 0 Å². The standard InChI is InChI=1S/C11H11ClFN3S/c12-11-2-1-7(17-11)5-10(16-14)8-3-4-15-6-9(8)13/h1-4,6,10,16H,5,14H2. The number of nitrogens with two attached hydrogens (primary N) is 1. The van der Waals surface area contributed by atoms with E-state index in [2.05, 4.69) is 10.4 Å². The molecule has 0 bridgehead atoms. The lowest BCUT2D eigenvalue weighted by Crippen LogP contribution is -2.30. The van der Waals surface area contributed by atoms with Crippen molar-refractivity contribution in [3.63, 3.8) is 0 Å². The van der Waals surface area contributed by atoms with Gasteiger partial charge in [-0.25, -0.2) is 4.39 Å². The zero-order valence-electron chi connectivity index (χ0n) is 8.86. The fourth-order valence-electron chi connectivity index (χ4n) is 1.59. The van der Waals surface area contributed by atoms with E-state index >= 15 is 0 Å². The van der Waals surface area contributed by atoms with Gasteiger partial charge in [0.25, 0.3) is 0 Å². The molecule has 6 heteroatoms. The molecule has 0 amide bonds. The summed E-state index contributed by atoms with van der Waals surface area (Å²) in [6.45, 7) is 0. The first-order valence-corrected chi connectivity index (χ1v) is 6.20. The third-order valence-corrected chi connectivity index (χ3v) is 3.67. The number of pyridine rings is 1. The summed E-state index contributed by atoms with van der Waals surface area (Å²) in [5.41, 5.74) is 3.12. The summed E-state index contributed by atoms with van der Waals surface area (Å²) in [7, 11) is 0. The Bertz CT molecular complexity index is 503.